The summed E-state index contributed by atoms with van der Waals surface area (Å²) < 4.78 is 19.1. The second-order valence-electron chi connectivity index (χ2n) is 5.96. The molecule has 0 atom stereocenters. The van der Waals surface area contributed by atoms with Crippen molar-refractivity contribution in [1.29, 1.82) is 0 Å². The van der Waals surface area contributed by atoms with E-state index in [2.05, 4.69) is 10.3 Å². The van der Waals surface area contributed by atoms with Crippen LogP contribution in [0.2, 0.25) is 0 Å². The van der Waals surface area contributed by atoms with E-state index in [0.717, 1.165) is 0 Å². The number of hydrogen-bond acceptors (Lipinski definition) is 5. The van der Waals surface area contributed by atoms with Crippen molar-refractivity contribution in [3.8, 4) is 0 Å². The number of carbonyl (C=O) groups excluding carboxylic acids is 1. The van der Waals surface area contributed by atoms with Gasteiger partial charge in [0.15, 0.2) is 0 Å². The van der Waals surface area contributed by atoms with Gasteiger partial charge in [-0.25, -0.2) is 14.2 Å². The first-order chi connectivity index (χ1) is 11.5. The maximum absolute atomic E-state index is 13.9. The summed E-state index contributed by atoms with van der Waals surface area (Å²) in [6.45, 7) is 1.31. The minimum absolute atomic E-state index is 0. The minimum atomic E-state index is -0.599. The summed E-state index contributed by atoms with van der Waals surface area (Å²) in [5.74, 6) is 0.265. The van der Waals surface area contributed by atoms with Crippen molar-refractivity contribution in [2.24, 2.45) is 10.7 Å². The number of alkyl halides is 1. The number of fused-ring (bicyclic) bond motifs is 1. The third-order valence-electron chi connectivity index (χ3n) is 4.32. The average Bonchev–Trinajstić information content (AvgIpc) is 2.55. The number of benzene rings is 1. The third kappa shape index (κ3) is 4.10. The smallest absolute Gasteiger partial charge is 0.409 e. The molecule has 1 aromatic carbocycles. The van der Waals surface area contributed by atoms with Gasteiger partial charge < -0.3 is 20.7 Å². The number of halogens is 3. The molecule has 2 aliphatic rings. The van der Waals surface area contributed by atoms with Crippen LogP contribution in [0.3, 0.4) is 0 Å². The molecular formula is C16H21Cl2FN4O2. The Morgan fingerprint density at radius 1 is 1.44 bits per heavy atom. The van der Waals surface area contributed by atoms with Crippen molar-refractivity contribution >= 4 is 41.6 Å². The summed E-state index contributed by atoms with van der Waals surface area (Å²) >= 11 is 5.57. The lowest BCUT2D eigenvalue weighted by Crippen LogP contribution is -2.52. The molecule has 1 saturated heterocycles. The quantitative estimate of drug-likeness (QED) is 0.614. The molecule has 9 heteroatoms. The van der Waals surface area contributed by atoms with Crippen molar-refractivity contribution in [3.05, 3.63) is 29.6 Å². The topological polar surface area (TPSA) is 80.0 Å². The van der Waals surface area contributed by atoms with Crippen LogP contribution in [0.1, 0.15) is 24.8 Å². The largest absolute Gasteiger partial charge is 0.449 e. The molecule has 3 N–H and O–H groups in total. The van der Waals surface area contributed by atoms with Gasteiger partial charge in [0.1, 0.15) is 17.3 Å². The van der Waals surface area contributed by atoms with Gasteiger partial charge in [-0.3, -0.25) is 0 Å². The number of nitrogens with zero attached hydrogens (tertiary/aromatic N) is 2. The van der Waals surface area contributed by atoms with Gasteiger partial charge in [0.2, 0.25) is 0 Å². The van der Waals surface area contributed by atoms with E-state index in [1.54, 1.807) is 17.0 Å². The minimum Gasteiger partial charge on any atom is -0.449 e. The number of carbonyl (C=O) groups is 1. The van der Waals surface area contributed by atoms with E-state index in [1.165, 1.54) is 6.07 Å². The van der Waals surface area contributed by atoms with E-state index in [9.17, 15) is 9.18 Å². The molecule has 0 unspecified atom stereocenters. The highest BCUT2D eigenvalue weighted by atomic mass is 35.5. The molecule has 1 aromatic rings. The molecule has 6 nitrogen and oxygen atoms in total. The number of anilines is 1. The first-order valence-corrected chi connectivity index (χ1v) is 8.48. The van der Waals surface area contributed by atoms with E-state index in [4.69, 9.17) is 22.1 Å². The molecule has 138 valence electrons. The number of amidine groups is 1. The van der Waals surface area contributed by atoms with Gasteiger partial charge in [0, 0.05) is 37.5 Å². The number of ether oxygens (including phenoxy) is 1. The second kappa shape index (κ2) is 8.10. The standard InChI is InChI=1S/C16H20ClFN4O2.ClH/c17-7-2-10-24-15(23)22-8-5-16(6-9-22)20-12-4-1-3-11(18)13(12)14(19)21-16;/h1,3-4,20H,2,5-10H2,(H2,19,21);1H. The van der Waals surface area contributed by atoms with Crippen LogP contribution < -0.4 is 11.1 Å². The lowest BCUT2D eigenvalue weighted by Gasteiger charge is -2.42. The second-order valence-corrected chi connectivity index (χ2v) is 6.34. The van der Waals surface area contributed by atoms with Crippen LogP contribution in [0.4, 0.5) is 14.9 Å². The van der Waals surface area contributed by atoms with Crippen molar-refractivity contribution in [1.82, 2.24) is 4.90 Å². The fraction of sp³-hybridized carbons (Fsp3) is 0.500. The number of nitrogens with one attached hydrogen (secondary N) is 1. The number of rotatable bonds is 3. The normalized spacial score (nSPS) is 17.8. The van der Waals surface area contributed by atoms with Gasteiger partial charge in [-0.05, 0) is 18.6 Å². The SMILES string of the molecule is Cl.NC1=NC2(CCN(C(=O)OCCCCl)CC2)Nc2cccc(F)c21. The number of nitrogens with two attached hydrogens (primary N) is 1. The van der Waals surface area contributed by atoms with Gasteiger partial charge in [0.25, 0.3) is 0 Å². The lowest BCUT2D eigenvalue weighted by atomic mass is 9.94. The van der Waals surface area contributed by atoms with Gasteiger partial charge in [-0.1, -0.05) is 6.07 Å². The molecule has 2 heterocycles. The Labute approximate surface area is 157 Å². The van der Waals surface area contributed by atoms with Crippen molar-refractivity contribution in [2.75, 3.05) is 30.9 Å². The summed E-state index contributed by atoms with van der Waals surface area (Å²) in [4.78, 5) is 18.1. The molecule has 2 aliphatic heterocycles. The molecule has 0 aromatic heterocycles. The molecule has 0 radical (unpaired) electrons. The van der Waals surface area contributed by atoms with E-state index >= 15 is 0 Å². The monoisotopic (exact) mass is 390 g/mol. The van der Waals surface area contributed by atoms with E-state index in [-0.39, 0.29) is 24.3 Å². The zero-order valence-electron chi connectivity index (χ0n) is 13.6. The van der Waals surface area contributed by atoms with Gasteiger partial charge >= 0.3 is 6.09 Å². The number of aliphatic imine (C=N–C) groups is 1. The average molecular weight is 391 g/mol. The van der Waals surface area contributed by atoms with Crippen LogP contribution in [0.25, 0.3) is 0 Å². The van der Waals surface area contributed by atoms with Crippen LogP contribution in [-0.4, -0.2) is 48.1 Å². The predicted molar refractivity (Wildman–Crippen MR) is 98.2 cm³/mol. The number of amides is 1. The molecule has 1 amide bonds. The fourth-order valence-corrected chi connectivity index (χ4v) is 3.16. The number of likely N-dealkylation sites (tertiary alicyclic amines) is 1. The molecule has 0 bridgehead atoms. The summed E-state index contributed by atoms with van der Waals surface area (Å²) in [5, 5.41) is 3.29. The molecule has 0 saturated carbocycles. The number of piperidine rings is 1. The van der Waals surface area contributed by atoms with Crippen LogP contribution in [0.5, 0.6) is 0 Å². The maximum atomic E-state index is 13.9. The Morgan fingerprint density at radius 2 is 2.16 bits per heavy atom. The van der Waals surface area contributed by atoms with E-state index < -0.39 is 11.5 Å². The Hall–Kier alpha value is -1.73. The zero-order chi connectivity index (χ0) is 17.2. The van der Waals surface area contributed by atoms with Gasteiger partial charge in [-0.2, -0.15) is 0 Å². The summed E-state index contributed by atoms with van der Waals surface area (Å²) in [6, 6.07) is 4.78. The highest BCUT2D eigenvalue weighted by Crippen LogP contribution is 2.35. The fourth-order valence-electron chi connectivity index (χ4n) is 3.06. The molecule has 1 fully saturated rings. The third-order valence-corrected chi connectivity index (χ3v) is 4.59. The first-order valence-electron chi connectivity index (χ1n) is 7.95. The predicted octanol–water partition coefficient (Wildman–Crippen LogP) is 2.94. The summed E-state index contributed by atoms with van der Waals surface area (Å²) in [6.07, 6.45) is 1.45. The zero-order valence-corrected chi connectivity index (χ0v) is 15.2. The summed E-state index contributed by atoms with van der Waals surface area (Å²) in [5.41, 5.74) is 6.33. The number of hydrogen-bond donors (Lipinski definition) is 2. The van der Waals surface area contributed by atoms with Crippen LogP contribution in [0.15, 0.2) is 23.2 Å². The maximum Gasteiger partial charge on any atom is 0.409 e. The van der Waals surface area contributed by atoms with Crippen LogP contribution in [0, 0.1) is 5.82 Å². The molecule has 3 rings (SSSR count). The molecule has 25 heavy (non-hydrogen) atoms. The highest BCUT2D eigenvalue weighted by molar-refractivity contribution is 6.17. The van der Waals surface area contributed by atoms with Crippen molar-refractivity contribution < 1.29 is 13.9 Å². The van der Waals surface area contributed by atoms with Gasteiger partial charge in [-0.15, -0.1) is 24.0 Å². The van der Waals surface area contributed by atoms with Crippen LogP contribution in [-0.2, 0) is 4.74 Å². The highest BCUT2D eigenvalue weighted by Gasteiger charge is 2.39. The van der Waals surface area contributed by atoms with E-state index in [1.807, 2.05) is 0 Å². The Balaban J connectivity index is 0.00000225. The molecule has 0 aliphatic carbocycles. The first kappa shape index (κ1) is 19.6. The Bertz CT molecular complexity index is 664. The lowest BCUT2D eigenvalue weighted by molar-refractivity contribution is 0.0868. The van der Waals surface area contributed by atoms with E-state index in [0.29, 0.717) is 56.1 Å². The van der Waals surface area contributed by atoms with Crippen molar-refractivity contribution in [2.45, 2.75) is 24.9 Å². The summed E-state index contributed by atoms with van der Waals surface area (Å²) in [7, 11) is 0. The van der Waals surface area contributed by atoms with Crippen LogP contribution >= 0.6 is 24.0 Å². The molecular weight excluding hydrogens is 370 g/mol. The Morgan fingerprint density at radius 3 is 2.84 bits per heavy atom. The molecule has 1 spiro atoms. The van der Waals surface area contributed by atoms with Crippen molar-refractivity contribution in [3.63, 3.8) is 0 Å². The Kier molecular flexibility index (Phi) is 6.35. The van der Waals surface area contributed by atoms with Gasteiger partial charge in [0.05, 0.1) is 12.2 Å².